The van der Waals surface area contributed by atoms with Crippen molar-refractivity contribution in [2.45, 2.75) is 32.6 Å². The molecule has 5 heteroatoms. The molecule has 1 heterocycles. The van der Waals surface area contributed by atoms with Crippen molar-refractivity contribution in [3.8, 4) is 0 Å². The minimum atomic E-state index is -0.929. The van der Waals surface area contributed by atoms with E-state index in [2.05, 4.69) is 5.32 Å². The lowest BCUT2D eigenvalue weighted by atomic mass is 9.88. The second kappa shape index (κ2) is 6.98. The Labute approximate surface area is 124 Å². The van der Waals surface area contributed by atoms with Gasteiger partial charge in [-0.3, -0.25) is 4.79 Å². The van der Waals surface area contributed by atoms with Crippen LogP contribution in [0.25, 0.3) is 0 Å². The number of carbonyl (C=O) groups excluding carboxylic acids is 1. The van der Waals surface area contributed by atoms with E-state index in [4.69, 9.17) is 0 Å². The maximum absolute atomic E-state index is 14.1. The fourth-order valence-corrected chi connectivity index (χ4v) is 2.86. The first kappa shape index (κ1) is 15.9. The van der Waals surface area contributed by atoms with E-state index in [9.17, 15) is 13.6 Å². The number of amides is 1. The summed E-state index contributed by atoms with van der Waals surface area (Å²) in [7, 11) is 0. The van der Waals surface area contributed by atoms with Crippen LogP contribution in [0.2, 0.25) is 0 Å². The van der Waals surface area contributed by atoms with Gasteiger partial charge in [0.1, 0.15) is 0 Å². The maximum atomic E-state index is 14.1. The summed E-state index contributed by atoms with van der Waals surface area (Å²) >= 11 is 0. The van der Waals surface area contributed by atoms with Gasteiger partial charge in [-0.15, -0.1) is 0 Å². The van der Waals surface area contributed by atoms with Crippen molar-refractivity contribution in [3.05, 3.63) is 34.9 Å². The molecule has 1 aromatic rings. The summed E-state index contributed by atoms with van der Waals surface area (Å²) < 4.78 is 27.9. The fourth-order valence-electron chi connectivity index (χ4n) is 2.86. The largest absolute Gasteiger partial charge is 0.339 e. The van der Waals surface area contributed by atoms with E-state index in [-0.39, 0.29) is 17.4 Å². The van der Waals surface area contributed by atoms with Crippen LogP contribution in [0.15, 0.2) is 12.1 Å². The van der Waals surface area contributed by atoms with E-state index in [0.717, 1.165) is 32.0 Å². The van der Waals surface area contributed by atoms with Gasteiger partial charge < -0.3 is 10.2 Å². The molecule has 1 aliphatic heterocycles. The number of hydrogen-bond acceptors (Lipinski definition) is 2. The van der Waals surface area contributed by atoms with Crippen molar-refractivity contribution < 1.29 is 13.6 Å². The van der Waals surface area contributed by atoms with Crippen molar-refractivity contribution in [1.82, 2.24) is 10.2 Å². The van der Waals surface area contributed by atoms with Gasteiger partial charge in [-0.05, 0) is 63.4 Å². The smallest absolute Gasteiger partial charge is 0.253 e. The Morgan fingerprint density at radius 3 is 2.43 bits per heavy atom. The summed E-state index contributed by atoms with van der Waals surface area (Å²) in [6.07, 6.45) is 1.53. The molecule has 0 spiro atoms. The number of carbonyl (C=O) groups is 1. The van der Waals surface area contributed by atoms with E-state index in [1.165, 1.54) is 6.07 Å². The zero-order valence-corrected chi connectivity index (χ0v) is 12.6. The van der Waals surface area contributed by atoms with E-state index in [0.29, 0.717) is 18.7 Å². The molecule has 0 saturated carbocycles. The lowest BCUT2D eigenvalue weighted by molar-refractivity contribution is 0.0772. The van der Waals surface area contributed by atoms with Crippen LogP contribution in [0.3, 0.4) is 0 Å². The van der Waals surface area contributed by atoms with Crippen LogP contribution in [-0.4, -0.2) is 37.0 Å². The average Bonchev–Trinajstić information content (AvgIpc) is 2.51. The number of nitrogens with zero attached hydrogens (tertiary/aromatic N) is 1. The van der Waals surface area contributed by atoms with E-state index in [1.54, 1.807) is 4.90 Å². The van der Waals surface area contributed by atoms with Crippen molar-refractivity contribution in [2.24, 2.45) is 0 Å². The molecule has 0 radical (unpaired) electrons. The van der Waals surface area contributed by atoms with Gasteiger partial charge in [0.2, 0.25) is 0 Å². The number of rotatable bonds is 4. The van der Waals surface area contributed by atoms with Crippen LogP contribution in [0.5, 0.6) is 0 Å². The van der Waals surface area contributed by atoms with Crippen LogP contribution in [0, 0.1) is 11.6 Å². The predicted octanol–water partition coefficient (Wildman–Crippen LogP) is 2.91. The van der Waals surface area contributed by atoms with Crippen LogP contribution < -0.4 is 5.32 Å². The first-order valence-corrected chi connectivity index (χ1v) is 7.57. The molecule has 2 rings (SSSR count). The Morgan fingerprint density at radius 2 is 1.86 bits per heavy atom. The van der Waals surface area contributed by atoms with Gasteiger partial charge in [0.25, 0.3) is 5.91 Å². The van der Waals surface area contributed by atoms with Gasteiger partial charge in [0.05, 0.1) is 0 Å². The van der Waals surface area contributed by atoms with Gasteiger partial charge in [-0.2, -0.15) is 0 Å². The first-order chi connectivity index (χ1) is 10.1. The van der Waals surface area contributed by atoms with Crippen LogP contribution in [0.1, 0.15) is 48.5 Å². The van der Waals surface area contributed by atoms with Crippen LogP contribution in [0.4, 0.5) is 8.78 Å². The van der Waals surface area contributed by atoms with E-state index in [1.807, 2.05) is 13.8 Å². The monoisotopic (exact) mass is 296 g/mol. The van der Waals surface area contributed by atoms with Gasteiger partial charge in [-0.1, -0.05) is 0 Å². The zero-order chi connectivity index (χ0) is 15.4. The van der Waals surface area contributed by atoms with Crippen molar-refractivity contribution in [3.63, 3.8) is 0 Å². The molecule has 1 amide bonds. The van der Waals surface area contributed by atoms with Crippen LogP contribution in [-0.2, 0) is 0 Å². The van der Waals surface area contributed by atoms with Crippen LogP contribution >= 0.6 is 0 Å². The summed E-state index contributed by atoms with van der Waals surface area (Å²) in [5, 5.41) is 3.20. The molecule has 0 bridgehead atoms. The molecule has 0 unspecified atom stereocenters. The van der Waals surface area contributed by atoms with Gasteiger partial charge in [0.15, 0.2) is 11.6 Å². The van der Waals surface area contributed by atoms with Gasteiger partial charge in [0, 0.05) is 18.7 Å². The number of benzene rings is 1. The first-order valence-electron chi connectivity index (χ1n) is 7.57. The number of halogens is 2. The summed E-state index contributed by atoms with van der Waals surface area (Å²) in [6.45, 7) is 6.43. The summed E-state index contributed by atoms with van der Waals surface area (Å²) in [5.74, 6) is -2.00. The molecule has 1 aliphatic rings. The third-order valence-corrected chi connectivity index (χ3v) is 4.13. The molecule has 0 aromatic heterocycles. The number of nitrogens with one attached hydrogen (secondary N) is 1. The molecular formula is C16H22F2N2O. The van der Waals surface area contributed by atoms with E-state index < -0.39 is 11.6 Å². The Kier molecular flexibility index (Phi) is 5.28. The molecule has 21 heavy (non-hydrogen) atoms. The highest BCUT2D eigenvalue weighted by Gasteiger charge is 2.24. The summed E-state index contributed by atoms with van der Waals surface area (Å²) in [5.41, 5.74) is 0.582. The Balaban J connectivity index is 2.35. The molecule has 116 valence electrons. The van der Waals surface area contributed by atoms with Crippen molar-refractivity contribution in [1.29, 1.82) is 0 Å². The normalized spacial score (nSPS) is 16.0. The molecule has 1 aromatic carbocycles. The molecule has 0 atom stereocenters. The van der Waals surface area contributed by atoms with Crippen molar-refractivity contribution in [2.75, 3.05) is 26.2 Å². The highest BCUT2D eigenvalue weighted by Crippen LogP contribution is 2.30. The van der Waals surface area contributed by atoms with Gasteiger partial charge >= 0.3 is 0 Å². The second-order valence-corrected chi connectivity index (χ2v) is 5.36. The molecule has 1 N–H and O–H groups in total. The average molecular weight is 296 g/mol. The minimum Gasteiger partial charge on any atom is -0.339 e. The molecule has 3 nitrogen and oxygen atoms in total. The van der Waals surface area contributed by atoms with Gasteiger partial charge in [-0.25, -0.2) is 8.78 Å². The minimum absolute atomic E-state index is 0.0230. The standard InChI is InChI=1S/C16H22F2N2O/c1-3-20(4-2)16(21)12-9-13(15(18)14(17)10-12)11-5-7-19-8-6-11/h9-11,19H,3-8H2,1-2H3. The number of piperidine rings is 1. The zero-order valence-electron chi connectivity index (χ0n) is 12.6. The highest BCUT2D eigenvalue weighted by atomic mass is 19.2. The Bertz CT molecular complexity index is 509. The predicted molar refractivity (Wildman–Crippen MR) is 78.5 cm³/mol. The molecular weight excluding hydrogens is 274 g/mol. The third-order valence-electron chi connectivity index (χ3n) is 4.13. The van der Waals surface area contributed by atoms with Crippen molar-refractivity contribution >= 4 is 5.91 Å². The summed E-state index contributed by atoms with van der Waals surface area (Å²) in [6, 6.07) is 2.55. The molecule has 1 saturated heterocycles. The number of hydrogen-bond donors (Lipinski definition) is 1. The summed E-state index contributed by atoms with van der Waals surface area (Å²) in [4.78, 5) is 13.9. The van der Waals surface area contributed by atoms with E-state index >= 15 is 0 Å². The Hall–Kier alpha value is -1.49. The third kappa shape index (κ3) is 3.40. The quantitative estimate of drug-likeness (QED) is 0.926. The lowest BCUT2D eigenvalue weighted by Gasteiger charge is -2.25. The lowest BCUT2D eigenvalue weighted by Crippen LogP contribution is -2.31. The second-order valence-electron chi connectivity index (χ2n) is 5.36. The highest BCUT2D eigenvalue weighted by molar-refractivity contribution is 5.94. The Morgan fingerprint density at radius 1 is 1.24 bits per heavy atom. The SMILES string of the molecule is CCN(CC)C(=O)c1cc(F)c(F)c(C2CCNCC2)c1. The topological polar surface area (TPSA) is 32.3 Å². The molecule has 0 aliphatic carbocycles. The fraction of sp³-hybridized carbons (Fsp3) is 0.562. The molecule has 1 fully saturated rings. The maximum Gasteiger partial charge on any atom is 0.253 e.